The monoisotopic (exact) mass is 289 g/mol. The highest BCUT2D eigenvalue weighted by atomic mass is 32.2. The summed E-state index contributed by atoms with van der Waals surface area (Å²) in [7, 11) is 0. The minimum atomic E-state index is -0.982. The number of carbonyl (C=O) groups excluding carboxylic acids is 1. The minimum absolute atomic E-state index is 0.117. The van der Waals surface area contributed by atoms with Crippen molar-refractivity contribution in [1.82, 2.24) is 5.32 Å². The third kappa shape index (κ3) is 6.29. The van der Waals surface area contributed by atoms with Crippen molar-refractivity contribution in [3.63, 3.8) is 0 Å². The zero-order valence-corrected chi connectivity index (χ0v) is 12.4. The van der Waals surface area contributed by atoms with E-state index in [-0.39, 0.29) is 23.7 Å². The summed E-state index contributed by atoms with van der Waals surface area (Å²) in [6.07, 6.45) is 3.60. The molecule has 1 saturated heterocycles. The summed E-state index contributed by atoms with van der Waals surface area (Å²) < 4.78 is 5.57. The summed E-state index contributed by atoms with van der Waals surface area (Å²) in [6, 6.07) is -0.806. The molecule has 0 aromatic heterocycles. The summed E-state index contributed by atoms with van der Waals surface area (Å²) in [4.78, 5) is 22.6. The van der Waals surface area contributed by atoms with Gasteiger partial charge in [-0.2, -0.15) is 0 Å². The average Bonchev–Trinajstić information content (AvgIpc) is 2.36. The van der Waals surface area contributed by atoms with E-state index in [4.69, 9.17) is 9.84 Å². The first kappa shape index (κ1) is 16.3. The topological polar surface area (TPSA) is 75.6 Å². The summed E-state index contributed by atoms with van der Waals surface area (Å²) in [5.41, 5.74) is 0. The molecule has 1 rings (SSSR count). The van der Waals surface area contributed by atoms with Crippen molar-refractivity contribution in [2.24, 2.45) is 5.92 Å². The number of nitrogens with one attached hydrogen (secondary N) is 1. The van der Waals surface area contributed by atoms with Crippen molar-refractivity contribution in [1.29, 1.82) is 0 Å². The van der Waals surface area contributed by atoms with Gasteiger partial charge < -0.3 is 15.2 Å². The van der Waals surface area contributed by atoms with Gasteiger partial charge in [0.1, 0.15) is 6.04 Å². The number of carbonyl (C=O) groups is 2. The summed E-state index contributed by atoms with van der Waals surface area (Å²) >= 11 is 1.50. The van der Waals surface area contributed by atoms with Crippen molar-refractivity contribution < 1.29 is 19.4 Å². The van der Waals surface area contributed by atoms with Crippen LogP contribution in [0.1, 0.15) is 33.1 Å². The molecule has 1 heterocycles. The van der Waals surface area contributed by atoms with Gasteiger partial charge in [0.2, 0.25) is 5.91 Å². The Kier molecular flexibility index (Phi) is 7.23. The van der Waals surface area contributed by atoms with Crippen molar-refractivity contribution >= 4 is 23.6 Å². The maximum Gasteiger partial charge on any atom is 0.326 e. The Balaban J connectivity index is 2.21. The predicted molar refractivity (Wildman–Crippen MR) is 75.3 cm³/mol. The van der Waals surface area contributed by atoms with Crippen LogP contribution in [0.2, 0.25) is 0 Å². The van der Waals surface area contributed by atoms with Crippen LogP contribution in [0.5, 0.6) is 0 Å². The molecule has 2 N–H and O–H groups in total. The van der Waals surface area contributed by atoms with Gasteiger partial charge in [0.15, 0.2) is 0 Å². The van der Waals surface area contributed by atoms with E-state index in [1.54, 1.807) is 13.8 Å². The number of hydrogen-bond donors (Lipinski definition) is 2. The number of hydrogen-bond acceptors (Lipinski definition) is 4. The van der Waals surface area contributed by atoms with E-state index >= 15 is 0 Å². The molecule has 5 nitrogen and oxygen atoms in total. The SMILES string of the molecule is CC(C)[C@@H](NC(=O)CSCC1CCCCO1)C(=O)O. The lowest BCUT2D eigenvalue weighted by Crippen LogP contribution is -2.45. The van der Waals surface area contributed by atoms with Gasteiger partial charge in [0.05, 0.1) is 11.9 Å². The highest BCUT2D eigenvalue weighted by molar-refractivity contribution is 7.99. The lowest BCUT2D eigenvalue weighted by atomic mass is 10.1. The molecule has 110 valence electrons. The average molecular weight is 289 g/mol. The van der Waals surface area contributed by atoms with Gasteiger partial charge in [-0.3, -0.25) is 4.79 Å². The molecular weight excluding hydrogens is 266 g/mol. The van der Waals surface area contributed by atoms with Crippen molar-refractivity contribution in [2.45, 2.75) is 45.3 Å². The molecule has 2 atom stereocenters. The number of ether oxygens (including phenoxy) is 1. The third-order valence-electron chi connectivity index (χ3n) is 3.06. The molecular formula is C13H23NO4S. The molecule has 19 heavy (non-hydrogen) atoms. The summed E-state index contributed by atoms with van der Waals surface area (Å²) in [5.74, 6) is -0.234. The molecule has 6 heteroatoms. The summed E-state index contributed by atoms with van der Waals surface area (Å²) in [6.45, 7) is 4.37. The molecule has 0 spiro atoms. The number of carboxylic acids is 1. The molecule has 1 amide bonds. The van der Waals surface area contributed by atoms with Gasteiger partial charge in [-0.15, -0.1) is 11.8 Å². The first-order valence-corrected chi connectivity index (χ1v) is 7.87. The van der Waals surface area contributed by atoms with E-state index in [0.717, 1.165) is 25.2 Å². The van der Waals surface area contributed by atoms with Crippen LogP contribution in [0.4, 0.5) is 0 Å². The van der Waals surface area contributed by atoms with E-state index in [0.29, 0.717) is 0 Å². The Hall–Kier alpha value is -0.750. The smallest absolute Gasteiger partial charge is 0.326 e. The Morgan fingerprint density at radius 1 is 1.42 bits per heavy atom. The number of rotatable bonds is 7. The van der Waals surface area contributed by atoms with Crippen LogP contribution in [0, 0.1) is 5.92 Å². The first-order valence-electron chi connectivity index (χ1n) is 6.72. The van der Waals surface area contributed by atoms with Gasteiger partial charge in [0, 0.05) is 12.4 Å². The van der Waals surface area contributed by atoms with Gasteiger partial charge >= 0.3 is 5.97 Å². The number of aliphatic carboxylic acids is 1. The molecule has 1 aliphatic rings. The van der Waals surface area contributed by atoms with Crippen LogP contribution in [0.15, 0.2) is 0 Å². The Bertz CT molecular complexity index is 303. The van der Waals surface area contributed by atoms with E-state index in [1.165, 1.54) is 18.2 Å². The second-order valence-corrected chi connectivity index (χ2v) is 6.16. The van der Waals surface area contributed by atoms with Gasteiger partial charge in [-0.1, -0.05) is 13.8 Å². The van der Waals surface area contributed by atoms with Crippen LogP contribution < -0.4 is 5.32 Å². The summed E-state index contributed by atoms with van der Waals surface area (Å²) in [5, 5.41) is 11.5. The zero-order valence-electron chi connectivity index (χ0n) is 11.6. The Labute approximate surface area is 118 Å². The van der Waals surface area contributed by atoms with Crippen LogP contribution in [-0.4, -0.2) is 47.2 Å². The zero-order chi connectivity index (χ0) is 14.3. The lowest BCUT2D eigenvalue weighted by Gasteiger charge is -2.22. The quantitative estimate of drug-likeness (QED) is 0.743. The molecule has 0 aromatic rings. The van der Waals surface area contributed by atoms with Gasteiger partial charge in [-0.05, 0) is 25.2 Å². The fourth-order valence-corrected chi connectivity index (χ4v) is 2.86. The standard InChI is InChI=1S/C13H23NO4S/c1-9(2)12(13(16)17)14-11(15)8-19-7-10-5-3-4-6-18-10/h9-10,12H,3-8H2,1-2H3,(H,14,15)(H,16,17)/t10?,12-/m1/s1. The van der Waals surface area contributed by atoms with E-state index < -0.39 is 12.0 Å². The molecule has 1 fully saturated rings. The van der Waals surface area contributed by atoms with Gasteiger partial charge in [-0.25, -0.2) is 4.79 Å². The Morgan fingerprint density at radius 3 is 2.68 bits per heavy atom. The molecule has 0 saturated carbocycles. The number of amides is 1. The fourth-order valence-electron chi connectivity index (χ4n) is 1.95. The van der Waals surface area contributed by atoms with Crippen molar-refractivity contribution in [3.05, 3.63) is 0 Å². The van der Waals surface area contributed by atoms with Crippen LogP contribution >= 0.6 is 11.8 Å². The van der Waals surface area contributed by atoms with Crippen molar-refractivity contribution in [2.75, 3.05) is 18.1 Å². The number of thioether (sulfide) groups is 1. The molecule has 0 aliphatic carbocycles. The largest absolute Gasteiger partial charge is 0.480 e. The second-order valence-electron chi connectivity index (χ2n) is 5.13. The molecule has 1 aliphatic heterocycles. The third-order valence-corrected chi connectivity index (χ3v) is 4.13. The number of carboxylic acid groups (broad SMARTS) is 1. The highest BCUT2D eigenvalue weighted by Crippen LogP contribution is 2.17. The van der Waals surface area contributed by atoms with Crippen LogP contribution in [0.25, 0.3) is 0 Å². The lowest BCUT2D eigenvalue weighted by molar-refractivity contribution is -0.142. The Morgan fingerprint density at radius 2 is 2.16 bits per heavy atom. The highest BCUT2D eigenvalue weighted by Gasteiger charge is 2.23. The maximum absolute atomic E-state index is 11.7. The van der Waals surface area contributed by atoms with Crippen LogP contribution in [-0.2, 0) is 14.3 Å². The first-order chi connectivity index (χ1) is 9.00. The maximum atomic E-state index is 11.7. The molecule has 1 unspecified atom stereocenters. The molecule has 0 radical (unpaired) electrons. The van der Waals surface area contributed by atoms with E-state index in [2.05, 4.69) is 5.32 Å². The van der Waals surface area contributed by atoms with E-state index in [1.807, 2.05) is 0 Å². The van der Waals surface area contributed by atoms with Crippen LogP contribution in [0.3, 0.4) is 0 Å². The molecule has 0 bridgehead atoms. The normalized spacial score (nSPS) is 21.1. The second kappa shape index (κ2) is 8.43. The van der Waals surface area contributed by atoms with E-state index in [9.17, 15) is 9.59 Å². The van der Waals surface area contributed by atoms with Gasteiger partial charge in [0.25, 0.3) is 0 Å². The minimum Gasteiger partial charge on any atom is -0.480 e. The predicted octanol–water partition coefficient (Wildman–Crippen LogP) is 1.51. The van der Waals surface area contributed by atoms with Crippen molar-refractivity contribution in [3.8, 4) is 0 Å². The molecule has 0 aromatic carbocycles. The fraction of sp³-hybridized carbons (Fsp3) is 0.846.